The minimum absolute atomic E-state index is 0.0371. The molecule has 0 unspecified atom stereocenters. The summed E-state index contributed by atoms with van der Waals surface area (Å²) >= 11 is 0. The first kappa shape index (κ1) is 25.0. The average Bonchev–Trinajstić information content (AvgIpc) is 2.96. The van der Waals surface area contributed by atoms with E-state index in [2.05, 4.69) is 10.0 Å². The Kier molecular flexibility index (Phi) is 8.38. The summed E-state index contributed by atoms with van der Waals surface area (Å²) in [6.07, 6.45) is 1.57. The number of unbranched alkanes of at least 4 members (excludes halogenated alkanes) is 2. The minimum Gasteiger partial charge on any atom is -0.488 e. The molecule has 2 rings (SSSR count). The number of nitrogens with one attached hydrogen (secondary N) is 2. The number of ether oxygens (including phenoxy) is 1. The highest BCUT2D eigenvalue weighted by Gasteiger charge is 2.25. The third kappa shape index (κ3) is 8.42. The number of urea groups is 1. The highest BCUT2D eigenvalue weighted by molar-refractivity contribution is 7.89. The van der Waals surface area contributed by atoms with Crippen molar-refractivity contribution in [3.05, 3.63) is 29.6 Å². The molecule has 1 fully saturated rings. The Morgan fingerprint density at radius 2 is 2.00 bits per heavy atom. The predicted octanol–water partition coefficient (Wildman–Crippen LogP) is 1.68. The molecule has 1 saturated heterocycles. The zero-order valence-corrected chi connectivity index (χ0v) is 18.8. The lowest BCUT2D eigenvalue weighted by atomic mass is 10.1. The molecule has 0 aromatic heterocycles. The number of sulfonamides is 1. The van der Waals surface area contributed by atoms with Crippen LogP contribution in [0.3, 0.4) is 0 Å². The highest BCUT2D eigenvalue weighted by atomic mass is 32.2. The maximum atomic E-state index is 14.0. The average molecular weight is 460 g/mol. The molecule has 1 aliphatic rings. The minimum atomic E-state index is -3.58. The van der Waals surface area contributed by atoms with Crippen LogP contribution in [0.5, 0.6) is 5.75 Å². The van der Waals surface area contributed by atoms with Gasteiger partial charge in [-0.1, -0.05) is 12.5 Å². The van der Waals surface area contributed by atoms with Crippen molar-refractivity contribution in [1.82, 2.24) is 14.9 Å². The maximum Gasteiger partial charge on any atom is 0.324 e. The second kappa shape index (κ2) is 10.4. The van der Waals surface area contributed by atoms with E-state index in [0.717, 1.165) is 0 Å². The van der Waals surface area contributed by atoms with Crippen molar-refractivity contribution in [3.8, 4) is 5.75 Å². The van der Waals surface area contributed by atoms with Crippen LogP contribution >= 0.6 is 0 Å². The Labute approximate surface area is 182 Å². The van der Waals surface area contributed by atoms with E-state index in [1.54, 1.807) is 6.92 Å². The number of aliphatic hydroxyl groups is 1. The van der Waals surface area contributed by atoms with Crippen LogP contribution in [-0.4, -0.2) is 61.4 Å². The Balaban J connectivity index is 1.81. The van der Waals surface area contributed by atoms with Crippen LogP contribution in [0.15, 0.2) is 18.2 Å². The van der Waals surface area contributed by atoms with Crippen molar-refractivity contribution in [2.24, 2.45) is 0 Å². The second-order valence-corrected chi connectivity index (χ2v) is 10.2. The number of carbonyl (C=O) groups is 2. The molecular weight excluding hydrogens is 429 g/mol. The van der Waals surface area contributed by atoms with Gasteiger partial charge in [0.25, 0.3) is 0 Å². The van der Waals surface area contributed by atoms with Crippen molar-refractivity contribution >= 4 is 22.0 Å². The number of carbonyl (C=O) groups excluding carboxylic acids is 2. The fourth-order valence-electron chi connectivity index (χ4n) is 2.99. The number of imide groups is 1. The van der Waals surface area contributed by atoms with Crippen molar-refractivity contribution in [3.63, 3.8) is 0 Å². The Morgan fingerprint density at radius 1 is 1.29 bits per heavy atom. The maximum absolute atomic E-state index is 14.0. The molecule has 0 spiro atoms. The number of halogens is 1. The molecule has 0 radical (unpaired) electrons. The van der Waals surface area contributed by atoms with Crippen LogP contribution < -0.4 is 14.8 Å². The van der Waals surface area contributed by atoms with Gasteiger partial charge < -0.3 is 14.7 Å². The van der Waals surface area contributed by atoms with Crippen LogP contribution in [0.1, 0.15) is 51.6 Å². The second-order valence-electron chi connectivity index (χ2n) is 8.28. The summed E-state index contributed by atoms with van der Waals surface area (Å²) in [5.41, 5.74) is -0.607. The van der Waals surface area contributed by atoms with Gasteiger partial charge in [-0.3, -0.25) is 10.1 Å². The molecule has 174 valence electrons. The molecule has 3 amide bonds. The van der Waals surface area contributed by atoms with Gasteiger partial charge in [-0.15, -0.1) is 0 Å². The zero-order chi connectivity index (χ0) is 23.2. The molecule has 1 aromatic carbocycles. The molecule has 1 aromatic rings. The third-order valence-corrected chi connectivity index (χ3v) is 6.14. The van der Waals surface area contributed by atoms with Gasteiger partial charge in [0.05, 0.1) is 11.4 Å². The summed E-state index contributed by atoms with van der Waals surface area (Å²) in [6, 6.07) is 3.06. The molecular formula is C20H30FN3O6S. The van der Waals surface area contributed by atoms with E-state index < -0.39 is 33.5 Å². The van der Waals surface area contributed by atoms with E-state index in [4.69, 9.17) is 4.74 Å². The summed E-state index contributed by atoms with van der Waals surface area (Å²) < 4.78 is 46.6. The first-order valence-electron chi connectivity index (χ1n) is 10.1. The normalized spacial score (nSPS) is 15.8. The summed E-state index contributed by atoms with van der Waals surface area (Å²) in [5, 5.41) is 11.9. The number of amides is 3. The lowest BCUT2D eigenvalue weighted by molar-refractivity contribution is -0.118. The summed E-state index contributed by atoms with van der Waals surface area (Å²) in [6.45, 7) is 5.03. The van der Waals surface area contributed by atoms with Gasteiger partial charge in [-0.2, -0.15) is 0 Å². The van der Waals surface area contributed by atoms with E-state index in [-0.39, 0.29) is 30.6 Å². The van der Waals surface area contributed by atoms with E-state index in [0.29, 0.717) is 31.4 Å². The predicted molar refractivity (Wildman–Crippen MR) is 112 cm³/mol. The molecule has 31 heavy (non-hydrogen) atoms. The fourth-order valence-corrected chi connectivity index (χ4v) is 4.36. The molecule has 1 heterocycles. The molecule has 1 atom stereocenters. The number of hydrogen-bond acceptors (Lipinski definition) is 6. The van der Waals surface area contributed by atoms with Gasteiger partial charge in [-0.25, -0.2) is 22.3 Å². The Bertz CT molecular complexity index is 901. The number of benzene rings is 1. The van der Waals surface area contributed by atoms with Gasteiger partial charge in [0.15, 0.2) is 11.6 Å². The van der Waals surface area contributed by atoms with E-state index in [1.807, 2.05) is 0 Å². The first-order valence-corrected chi connectivity index (χ1v) is 11.7. The zero-order valence-electron chi connectivity index (χ0n) is 18.0. The summed E-state index contributed by atoms with van der Waals surface area (Å²) in [5.74, 6) is -1.09. The standard InChI is InChI=1S/C20H30FN3O6S/c1-14(15-7-8-16(21)17(11-15)30-13-20(2,3)27)23-31(28,29)10-6-4-5-9-24-12-18(25)22-19(24)26/h7-8,11,14,23,27H,4-6,9-10,12-13H2,1-3H3,(H,22,25,26)/t14-/m1/s1. The third-order valence-electron chi connectivity index (χ3n) is 4.60. The Hall–Kier alpha value is -2.24. The largest absolute Gasteiger partial charge is 0.488 e. The van der Waals surface area contributed by atoms with Crippen LogP contribution in [0, 0.1) is 5.82 Å². The lowest BCUT2D eigenvalue weighted by Crippen LogP contribution is -2.30. The summed E-state index contributed by atoms with van der Waals surface area (Å²) in [4.78, 5) is 24.0. The quantitative estimate of drug-likeness (QED) is 0.323. The lowest BCUT2D eigenvalue weighted by Gasteiger charge is -2.20. The fraction of sp³-hybridized carbons (Fsp3) is 0.600. The molecule has 9 nitrogen and oxygen atoms in total. The molecule has 0 bridgehead atoms. The van der Waals surface area contributed by atoms with Gasteiger partial charge in [0.2, 0.25) is 15.9 Å². The summed E-state index contributed by atoms with van der Waals surface area (Å²) in [7, 11) is -3.58. The van der Waals surface area contributed by atoms with Gasteiger partial charge in [0.1, 0.15) is 13.2 Å². The van der Waals surface area contributed by atoms with Gasteiger partial charge in [0, 0.05) is 12.6 Å². The monoisotopic (exact) mass is 459 g/mol. The number of rotatable bonds is 12. The SMILES string of the molecule is C[C@@H](NS(=O)(=O)CCCCCN1CC(=O)NC1=O)c1ccc(F)c(OCC(C)(C)O)c1. The van der Waals surface area contributed by atoms with Crippen LogP contribution in [0.25, 0.3) is 0 Å². The molecule has 11 heteroatoms. The van der Waals surface area contributed by atoms with E-state index >= 15 is 0 Å². The van der Waals surface area contributed by atoms with Crippen molar-refractivity contribution in [2.75, 3.05) is 25.4 Å². The Morgan fingerprint density at radius 3 is 2.61 bits per heavy atom. The molecule has 0 saturated carbocycles. The van der Waals surface area contributed by atoms with E-state index in [1.165, 1.54) is 36.9 Å². The molecule has 1 aliphatic heterocycles. The van der Waals surface area contributed by atoms with Gasteiger partial charge >= 0.3 is 6.03 Å². The van der Waals surface area contributed by atoms with E-state index in [9.17, 15) is 27.5 Å². The molecule has 0 aliphatic carbocycles. The van der Waals surface area contributed by atoms with Crippen molar-refractivity contribution in [2.45, 2.75) is 51.7 Å². The van der Waals surface area contributed by atoms with Crippen molar-refractivity contribution in [1.29, 1.82) is 0 Å². The molecule has 3 N–H and O–H groups in total. The highest BCUT2D eigenvalue weighted by Crippen LogP contribution is 2.24. The van der Waals surface area contributed by atoms with Crippen LogP contribution in [0.4, 0.5) is 9.18 Å². The first-order chi connectivity index (χ1) is 14.4. The smallest absolute Gasteiger partial charge is 0.324 e. The van der Waals surface area contributed by atoms with Crippen molar-refractivity contribution < 1.29 is 32.2 Å². The van der Waals surface area contributed by atoms with Gasteiger partial charge in [-0.05, 0) is 51.3 Å². The number of hydrogen-bond donors (Lipinski definition) is 3. The van der Waals surface area contributed by atoms with Crippen LogP contribution in [0.2, 0.25) is 0 Å². The topological polar surface area (TPSA) is 125 Å². The van der Waals surface area contributed by atoms with Crippen LogP contribution in [-0.2, 0) is 14.8 Å². The number of nitrogens with zero attached hydrogens (tertiary/aromatic N) is 1.